The molecular weight excluding hydrogens is 276 g/mol. The number of nitrogens with two attached hydrogens (primary N) is 1. The predicted molar refractivity (Wildman–Crippen MR) is 74.9 cm³/mol. The lowest BCUT2D eigenvalue weighted by Crippen LogP contribution is -1.83. The molecule has 0 saturated heterocycles. The largest absolute Gasteiger partial charge is 0.375 e. The van der Waals surface area contributed by atoms with Gasteiger partial charge in [0, 0.05) is 18.0 Å². The fourth-order valence-electron chi connectivity index (χ4n) is 1.90. The van der Waals surface area contributed by atoms with Crippen LogP contribution in [-0.2, 0) is 0 Å². The van der Waals surface area contributed by atoms with Crippen molar-refractivity contribution in [2.75, 3.05) is 5.73 Å². The van der Waals surface area contributed by atoms with E-state index in [9.17, 15) is 0 Å². The molecule has 0 spiro atoms. The highest BCUT2D eigenvalue weighted by atomic mass is 32.1. The molecule has 3 aromatic heterocycles. The number of hydrogen-bond acceptors (Lipinski definition) is 7. The number of H-pyrrole nitrogens is 1. The van der Waals surface area contributed by atoms with Gasteiger partial charge in [-0.1, -0.05) is 16.5 Å². The van der Waals surface area contributed by atoms with Crippen LogP contribution in [0.25, 0.3) is 33.3 Å². The molecule has 0 unspecified atom stereocenters. The Balaban J connectivity index is 1.78. The first-order valence-corrected chi connectivity index (χ1v) is 6.61. The van der Waals surface area contributed by atoms with E-state index in [-0.39, 0.29) is 0 Å². The summed E-state index contributed by atoms with van der Waals surface area (Å²) >= 11 is 1.42. The van der Waals surface area contributed by atoms with Crippen molar-refractivity contribution in [3.05, 3.63) is 30.6 Å². The molecule has 3 N–H and O–H groups in total. The molecule has 4 rings (SSSR count). The van der Waals surface area contributed by atoms with Gasteiger partial charge in [0.1, 0.15) is 0 Å². The van der Waals surface area contributed by atoms with Gasteiger partial charge in [-0.2, -0.15) is 4.98 Å². The quantitative estimate of drug-likeness (QED) is 0.585. The summed E-state index contributed by atoms with van der Waals surface area (Å²) in [4.78, 5) is 15.5. The van der Waals surface area contributed by atoms with Crippen LogP contribution in [0, 0.1) is 0 Å². The van der Waals surface area contributed by atoms with E-state index < -0.39 is 0 Å². The van der Waals surface area contributed by atoms with Gasteiger partial charge in [-0.25, -0.2) is 9.97 Å². The molecule has 7 nitrogen and oxygen atoms in total. The number of hydrogen-bond donors (Lipinski definition) is 2. The minimum absolute atomic E-state index is 0.425. The zero-order chi connectivity index (χ0) is 13.5. The number of nitrogens with zero attached hydrogens (tertiary/aromatic N) is 4. The average molecular weight is 284 g/mol. The van der Waals surface area contributed by atoms with Gasteiger partial charge in [-0.05, 0) is 18.2 Å². The number of nitrogen functional groups attached to an aromatic ring is 1. The Morgan fingerprint density at radius 2 is 2.20 bits per heavy atom. The van der Waals surface area contributed by atoms with Gasteiger partial charge in [-0.3, -0.25) is 0 Å². The van der Waals surface area contributed by atoms with E-state index in [1.54, 1.807) is 12.4 Å². The predicted octanol–water partition coefficient (Wildman–Crippen LogP) is 2.32. The van der Waals surface area contributed by atoms with Gasteiger partial charge >= 0.3 is 0 Å². The van der Waals surface area contributed by atoms with E-state index >= 15 is 0 Å². The Labute approximate surface area is 116 Å². The summed E-state index contributed by atoms with van der Waals surface area (Å²) in [6, 6.07) is 5.69. The molecule has 0 aliphatic carbocycles. The minimum atomic E-state index is 0.425. The molecule has 20 heavy (non-hydrogen) atoms. The molecule has 0 bridgehead atoms. The van der Waals surface area contributed by atoms with E-state index in [0.717, 1.165) is 15.8 Å². The van der Waals surface area contributed by atoms with Crippen molar-refractivity contribution in [3.8, 4) is 23.1 Å². The van der Waals surface area contributed by atoms with E-state index in [0.29, 0.717) is 22.7 Å². The summed E-state index contributed by atoms with van der Waals surface area (Å²) < 4.78 is 6.25. The van der Waals surface area contributed by atoms with Crippen LogP contribution < -0.4 is 5.73 Å². The number of aromatic nitrogens is 5. The molecule has 1 aromatic carbocycles. The number of aromatic amines is 1. The number of nitrogens with one attached hydrogen (secondary N) is 1. The lowest BCUT2D eigenvalue weighted by molar-refractivity contribution is 0.432. The first-order chi connectivity index (χ1) is 9.79. The number of benzene rings is 1. The Morgan fingerprint density at radius 3 is 3.05 bits per heavy atom. The molecule has 0 atom stereocenters. The zero-order valence-electron chi connectivity index (χ0n) is 10.1. The van der Waals surface area contributed by atoms with Gasteiger partial charge in [0.15, 0.2) is 11.0 Å². The average Bonchev–Trinajstić information content (AvgIpc) is 3.17. The van der Waals surface area contributed by atoms with Gasteiger partial charge < -0.3 is 15.2 Å². The normalized spacial score (nSPS) is 11.2. The first kappa shape index (κ1) is 11.1. The Morgan fingerprint density at radius 1 is 1.25 bits per heavy atom. The monoisotopic (exact) mass is 284 g/mol. The van der Waals surface area contributed by atoms with Crippen LogP contribution in [0.5, 0.6) is 0 Å². The van der Waals surface area contributed by atoms with Crippen molar-refractivity contribution < 1.29 is 4.52 Å². The van der Waals surface area contributed by atoms with Crippen molar-refractivity contribution in [1.29, 1.82) is 0 Å². The molecule has 0 fully saturated rings. The lowest BCUT2D eigenvalue weighted by atomic mass is 10.2. The number of anilines is 1. The maximum atomic E-state index is 5.69. The highest BCUT2D eigenvalue weighted by Crippen LogP contribution is 2.29. The van der Waals surface area contributed by atoms with Gasteiger partial charge in [-0.15, -0.1) is 0 Å². The second kappa shape index (κ2) is 4.14. The van der Waals surface area contributed by atoms with Crippen LogP contribution in [-0.4, -0.2) is 25.1 Å². The van der Waals surface area contributed by atoms with Crippen LogP contribution in [0.2, 0.25) is 0 Å². The van der Waals surface area contributed by atoms with Gasteiger partial charge in [0.05, 0.1) is 10.2 Å². The van der Waals surface area contributed by atoms with Crippen LogP contribution in [0.4, 0.5) is 5.13 Å². The molecule has 0 aliphatic rings. The standard InChI is InChI=1S/C12H8N6OS/c13-12-16-7-2-1-6(5-8(7)20-12)11-17-10(18-19-11)9-14-3-4-15-9/h1-5H,(H2,13,16)(H,14,15). The molecule has 3 heterocycles. The zero-order valence-corrected chi connectivity index (χ0v) is 10.9. The summed E-state index contributed by atoms with van der Waals surface area (Å²) in [6.07, 6.45) is 3.34. The summed E-state index contributed by atoms with van der Waals surface area (Å²) in [5.41, 5.74) is 7.38. The molecule has 4 aromatic rings. The molecule has 0 saturated carbocycles. The van der Waals surface area contributed by atoms with E-state index in [4.69, 9.17) is 10.3 Å². The summed E-state index contributed by atoms with van der Waals surface area (Å²) in [5.74, 6) is 1.43. The Bertz CT molecular complexity index is 879. The third-order valence-electron chi connectivity index (χ3n) is 2.79. The summed E-state index contributed by atoms with van der Waals surface area (Å²) in [7, 11) is 0. The number of fused-ring (bicyclic) bond motifs is 1. The highest BCUT2D eigenvalue weighted by molar-refractivity contribution is 7.22. The van der Waals surface area contributed by atoms with Crippen LogP contribution in [0.15, 0.2) is 35.1 Å². The summed E-state index contributed by atoms with van der Waals surface area (Å²) in [6.45, 7) is 0. The molecule has 8 heteroatoms. The molecule has 0 aliphatic heterocycles. The maximum absolute atomic E-state index is 5.69. The van der Waals surface area contributed by atoms with Crippen molar-refractivity contribution >= 4 is 26.7 Å². The fourth-order valence-corrected chi connectivity index (χ4v) is 2.67. The third kappa shape index (κ3) is 1.74. The Hall–Kier alpha value is -2.74. The van der Waals surface area contributed by atoms with E-state index in [1.807, 2.05) is 18.2 Å². The number of imidazole rings is 1. The van der Waals surface area contributed by atoms with Crippen LogP contribution in [0.1, 0.15) is 0 Å². The Kier molecular flexibility index (Phi) is 2.30. The van der Waals surface area contributed by atoms with Crippen molar-refractivity contribution in [2.24, 2.45) is 0 Å². The van der Waals surface area contributed by atoms with Crippen LogP contribution >= 0.6 is 11.3 Å². The second-order valence-corrected chi connectivity index (χ2v) is 5.16. The van der Waals surface area contributed by atoms with Crippen LogP contribution in [0.3, 0.4) is 0 Å². The van der Waals surface area contributed by atoms with Gasteiger partial charge in [0.2, 0.25) is 5.82 Å². The molecule has 0 amide bonds. The van der Waals surface area contributed by atoms with Crippen molar-refractivity contribution in [2.45, 2.75) is 0 Å². The second-order valence-electron chi connectivity index (χ2n) is 4.10. The molecular formula is C12H8N6OS. The third-order valence-corrected chi connectivity index (χ3v) is 3.64. The topological polar surface area (TPSA) is 107 Å². The van der Waals surface area contributed by atoms with Crippen molar-refractivity contribution in [1.82, 2.24) is 25.1 Å². The molecule has 0 radical (unpaired) electrons. The summed E-state index contributed by atoms with van der Waals surface area (Å²) in [5, 5.41) is 4.44. The molecule has 98 valence electrons. The highest BCUT2D eigenvalue weighted by Gasteiger charge is 2.13. The maximum Gasteiger partial charge on any atom is 0.258 e. The number of thiazole rings is 1. The van der Waals surface area contributed by atoms with E-state index in [2.05, 4.69) is 25.1 Å². The lowest BCUT2D eigenvalue weighted by Gasteiger charge is -1.93. The van der Waals surface area contributed by atoms with Gasteiger partial charge in [0.25, 0.3) is 5.89 Å². The van der Waals surface area contributed by atoms with E-state index in [1.165, 1.54) is 11.3 Å². The number of rotatable bonds is 2. The van der Waals surface area contributed by atoms with Crippen molar-refractivity contribution in [3.63, 3.8) is 0 Å². The SMILES string of the molecule is Nc1nc2ccc(-c3nc(-c4ncc[nH]4)no3)cc2s1. The first-order valence-electron chi connectivity index (χ1n) is 5.79. The smallest absolute Gasteiger partial charge is 0.258 e. The fraction of sp³-hybridized carbons (Fsp3) is 0. The minimum Gasteiger partial charge on any atom is -0.375 e.